The number of carbonyl (C=O) groups is 1. The lowest BCUT2D eigenvalue weighted by Gasteiger charge is -2.13. The number of nitrogens with zero attached hydrogens (tertiary/aromatic N) is 3. The lowest BCUT2D eigenvalue weighted by molar-refractivity contribution is -0.384. The topological polar surface area (TPSA) is 90.1 Å². The van der Waals surface area contributed by atoms with E-state index >= 15 is 0 Å². The zero-order chi connectivity index (χ0) is 19.6. The van der Waals surface area contributed by atoms with Crippen LogP contribution in [0.5, 0.6) is 0 Å². The Morgan fingerprint density at radius 3 is 2.42 bits per heavy atom. The molecule has 0 aliphatic carbocycles. The number of nitro groups is 1. The normalized spacial score (nSPS) is 12.3. The molecule has 1 amide bonds. The molecule has 7 nitrogen and oxygen atoms in total. The van der Waals surface area contributed by atoms with Crippen LogP contribution in [0.1, 0.15) is 25.3 Å². The second-order valence-corrected chi connectivity index (χ2v) is 6.77. The highest BCUT2D eigenvalue weighted by Gasteiger charge is 2.26. The summed E-state index contributed by atoms with van der Waals surface area (Å²) in [5.41, 5.74) is -1.03. The minimum atomic E-state index is -2.81. The molecule has 0 radical (unpaired) electrons. The largest absolute Gasteiger partial charge is 0.331 e. The number of alkyl halides is 3. The van der Waals surface area contributed by atoms with Gasteiger partial charge in [-0.3, -0.25) is 14.9 Å². The molecule has 1 aromatic heterocycles. The van der Waals surface area contributed by atoms with E-state index < -0.39 is 33.9 Å². The van der Waals surface area contributed by atoms with Crippen LogP contribution in [0.2, 0.25) is 10.0 Å². The molecule has 0 spiro atoms. The second kappa shape index (κ2) is 8.15. The van der Waals surface area contributed by atoms with E-state index in [1.54, 1.807) is 6.92 Å². The van der Waals surface area contributed by atoms with E-state index in [9.17, 15) is 23.7 Å². The van der Waals surface area contributed by atoms with Gasteiger partial charge in [0.1, 0.15) is 11.9 Å². The Balaban J connectivity index is 2.57. The average molecular weight is 428 g/mol. The molecule has 1 N–H and O–H groups in total. The number of halogens is 5. The molecule has 0 saturated carbocycles. The van der Waals surface area contributed by atoms with Gasteiger partial charge in [0.15, 0.2) is 0 Å². The Hall–Kier alpha value is -1.97. The van der Waals surface area contributed by atoms with Crippen molar-refractivity contribution in [3.05, 3.63) is 44.1 Å². The Morgan fingerprint density at radius 1 is 1.38 bits per heavy atom. The number of carbonyl (C=O) groups excluding carboxylic acids is 1. The molecule has 2 rings (SSSR count). The van der Waals surface area contributed by atoms with Crippen molar-refractivity contribution in [1.82, 2.24) is 9.78 Å². The van der Waals surface area contributed by atoms with Gasteiger partial charge in [-0.1, -0.05) is 23.2 Å². The first-order valence-electron chi connectivity index (χ1n) is 7.05. The summed E-state index contributed by atoms with van der Waals surface area (Å²) in [6.07, 6.45) is -2.04. The van der Waals surface area contributed by atoms with Crippen LogP contribution < -0.4 is 5.32 Å². The molecule has 0 aliphatic heterocycles. The zero-order valence-corrected chi connectivity index (χ0v) is 15.3. The number of hydrogen-bond acceptors (Lipinski definition) is 4. The fourth-order valence-electron chi connectivity index (χ4n) is 2.11. The highest BCUT2D eigenvalue weighted by Crippen LogP contribution is 2.37. The van der Waals surface area contributed by atoms with Crippen LogP contribution in [0.15, 0.2) is 18.3 Å². The molecule has 1 heterocycles. The lowest BCUT2D eigenvalue weighted by Crippen LogP contribution is -2.18. The molecule has 1 unspecified atom stereocenters. The summed E-state index contributed by atoms with van der Waals surface area (Å²) in [5, 5.41) is 16.4. The van der Waals surface area contributed by atoms with Gasteiger partial charge in [-0.25, -0.2) is 13.5 Å². The predicted molar refractivity (Wildman–Crippen MR) is 93.8 cm³/mol. The number of rotatable bonds is 6. The van der Waals surface area contributed by atoms with Crippen LogP contribution in [-0.2, 0) is 4.79 Å². The highest BCUT2D eigenvalue weighted by molar-refractivity contribution is 6.38. The molecule has 0 saturated heterocycles. The smallest absolute Gasteiger partial charge is 0.305 e. The maximum Gasteiger partial charge on any atom is 0.331 e. The van der Waals surface area contributed by atoms with Crippen molar-refractivity contribution in [2.24, 2.45) is 0 Å². The summed E-state index contributed by atoms with van der Waals surface area (Å²) in [5.74, 6) is -0.917. The minimum absolute atomic E-state index is 0.0833. The van der Waals surface area contributed by atoms with Crippen LogP contribution in [0.3, 0.4) is 0 Å². The average Bonchev–Trinajstić information content (AvgIpc) is 2.89. The Morgan fingerprint density at radius 2 is 1.96 bits per heavy atom. The van der Waals surface area contributed by atoms with E-state index in [4.69, 9.17) is 34.8 Å². The fourth-order valence-corrected chi connectivity index (χ4v) is 2.92. The van der Waals surface area contributed by atoms with Crippen molar-refractivity contribution < 1.29 is 18.5 Å². The summed E-state index contributed by atoms with van der Waals surface area (Å²) in [7, 11) is 0. The van der Waals surface area contributed by atoms with E-state index in [0.717, 1.165) is 23.0 Å². The number of anilines is 1. The number of nitrogens with one attached hydrogen (secondary N) is 1. The van der Waals surface area contributed by atoms with Gasteiger partial charge in [0.2, 0.25) is 11.7 Å². The molecule has 2 aromatic rings. The van der Waals surface area contributed by atoms with E-state index in [-0.39, 0.29) is 28.0 Å². The molecule has 1 atom stereocenters. The summed E-state index contributed by atoms with van der Waals surface area (Å²) >= 11 is 17.8. The minimum Gasteiger partial charge on any atom is -0.305 e. The van der Waals surface area contributed by atoms with Gasteiger partial charge in [0, 0.05) is 17.4 Å². The van der Waals surface area contributed by atoms with E-state index in [1.165, 1.54) is 0 Å². The molecule has 0 bridgehead atoms. The van der Waals surface area contributed by atoms with Crippen LogP contribution in [-0.4, -0.2) is 26.0 Å². The first kappa shape index (κ1) is 20.3. The summed E-state index contributed by atoms with van der Waals surface area (Å²) < 4.78 is 26.6. The number of amides is 1. The van der Waals surface area contributed by atoms with Crippen molar-refractivity contribution in [1.29, 1.82) is 0 Å². The summed E-state index contributed by atoms with van der Waals surface area (Å²) in [6, 6.07) is 1.93. The maximum absolute atomic E-state index is 12.8. The van der Waals surface area contributed by atoms with Crippen molar-refractivity contribution in [3.8, 4) is 5.69 Å². The first-order valence-corrected chi connectivity index (χ1v) is 8.24. The van der Waals surface area contributed by atoms with E-state index in [2.05, 4.69) is 10.4 Å². The highest BCUT2D eigenvalue weighted by atomic mass is 35.5. The molecule has 140 valence electrons. The Bertz CT molecular complexity index is 835. The van der Waals surface area contributed by atoms with E-state index in [0.29, 0.717) is 0 Å². The molecule has 26 heavy (non-hydrogen) atoms. The fraction of sp³-hybridized carbons (Fsp3) is 0.286. The standard InChI is InChI=1S/C14H11Cl3F2N4O3/c1-6(15)2-11(24)21-14-10(23(25)26)5-20-22(14)12-8(16)3-7(13(18)19)4-9(12)17/h3-6,13H,2H2,1H3,(H,21,24). The SMILES string of the molecule is CC(Cl)CC(=O)Nc1c([N+](=O)[O-])cnn1-c1c(Cl)cc(C(F)F)cc1Cl. The second-order valence-electron chi connectivity index (χ2n) is 5.21. The van der Waals surface area contributed by atoms with Crippen LogP contribution in [0.25, 0.3) is 5.69 Å². The Kier molecular flexibility index (Phi) is 6.38. The van der Waals surface area contributed by atoms with Gasteiger partial charge >= 0.3 is 5.69 Å². The van der Waals surface area contributed by atoms with E-state index in [1.807, 2.05) is 0 Å². The third-order valence-electron chi connectivity index (χ3n) is 3.17. The number of aromatic nitrogens is 2. The van der Waals surface area contributed by atoms with Crippen LogP contribution >= 0.6 is 34.8 Å². The molecule has 0 fully saturated rings. The van der Waals surface area contributed by atoms with Gasteiger partial charge in [0.05, 0.1) is 15.0 Å². The molecule has 1 aromatic carbocycles. The third kappa shape index (κ3) is 4.40. The van der Waals surface area contributed by atoms with Gasteiger partial charge in [-0.05, 0) is 19.1 Å². The lowest BCUT2D eigenvalue weighted by atomic mass is 10.2. The van der Waals surface area contributed by atoms with Gasteiger partial charge < -0.3 is 5.32 Å². The van der Waals surface area contributed by atoms with Crippen molar-refractivity contribution in [2.45, 2.75) is 25.1 Å². The monoisotopic (exact) mass is 426 g/mol. The molecule has 0 aliphatic rings. The molecule has 12 heteroatoms. The van der Waals surface area contributed by atoms with Crippen molar-refractivity contribution in [3.63, 3.8) is 0 Å². The number of hydrogen-bond donors (Lipinski definition) is 1. The van der Waals surface area contributed by atoms with Crippen molar-refractivity contribution >= 4 is 52.2 Å². The molecular formula is C14H11Cl3F2N4O3. The zero-order valence-electron chi connectivity index (χ0n) is 13.1. The number of benzene rings is 1. The summed E-state index contributed by atoms with van der Waals surface area (Å²) in [4.78, 5) is 22.4. The summed E-state index contributed by atoms with van der Waals surface area (Å²) in [6.45, 7) is 1.57. The maximum atomic E-state index is 12.8. The van der Waals surface area contributed by atoms with Gasteiger partial charge in [-0.2, -0.15) is 5.10 Å². The van der Waals surface area contributed by atoms with Gasteiger partial charge in [-0.15, -0.1) is 11.6 Å². The Labute approximate surface area is 161 Å². The first-order chi connectivity index (χ1) is 12.1. The van der Waals surface area contributed by atoms with Crippen LogP contribution in [0.4, 0.5) is 20.3 Å². The third-order valence-corrected chi connectivity index (χ3v) is 3.90. The van der Waals surface area contributed by atoms with Gasteiger partial charge in [0.25, 0.3) is 6.43 Å². The van der Waals surface area contributed by atoms with Crippen LogP contribution in [0, 0.1) is 10.1 Å². The molecular weight excluding hydrogens is 417 g/mol. The quantitative estimate of drug-likeness (QED) is 0.400. The van der Waals surface area contributed by atoms with Crippen molar-refractivity contribution in [2.75, 3.05) is 5.32 Å². The predicted octanol–water partition coefficient (Wildman–Crippen LogP) is 4.98.